The van der Waals surface area contributed by atoms with E-state index in [4.69, 9.17) is 11.6 Å². The summed E-state index contributed by atoms with van der Waals surface area (Å²) in [7, 11) is 0. The topological polar surface area (TPSA) is 33.1 Å². The molecule has 3 rings (SSSR count). The molecule has 0 saturated heterocycles. The fourth-order valence-electron chi connectivity index (χ4n) is 2.37. The third kappa shape index (κ3) is 2.67. The fourth-order valence-corrected chi connectivity index (χ4v) is 2.57. The maximum atomic E-state index is 10.4. The molecule has 0 bridgehead atoms. The number of hydrogen-bond donors (Lipinski definition) is 1. The molecule has 0 saturated carbocycles. The lowest BCUT2D eigenvalue weighted by atomic mass is 9.99. The van der Waals surface area contributed by atoms with Gasteiger partial charge in [0, 0.05) is 23.0 Å². The summed E-state index contributed by atoms with van der Waals surface area (Å²) in [5, 5.41) is 12.1. The molecular weight excluding hydrogens is 270 g/mol. The second-order valence-corrected chi connectivity index (χ2v) is 5.20. The van der Waals surface area contributed by atoms with Crippen molar-refractivity contribution in [2.75, 3.05) is 0 Å². The van der Waals surface area contributed by atoms with Crippen LogP contribution >= 0.6 is 11.6 Å². The van der Waals surface area contributed by atoms with Crippen molar-refractivity contribution < 1.29 is 5.11 Å². The Bertz CT molecular complexity index is 736. The molecule has 0 fully saturated rings. The van der Waals surface area contributed by atoms with Gasteiger partial charge in [0.15, 0.2) is 0 Å². The molecule has 0 spiro atoms. The number of pyridine rings is 1. The molecule has 1 aromatic heterocycles. The zero-order valence-electron chi connectivity index (χ0n) is 10.8. The molecule has 1 unspecified atom stereocenters. The minimum atomic E-state index is -0.570. The SMILES string of the molecule is OC(Cc1ccnc2ccccc12)c1cccc(Cl)c1. The predicted octanol–water partition coefficient (Wildman–Crippen LogP) is 4.16. The maximum absolute atomic E-state index is 10.4. The van der Waals surface area contributed by atoms with Crippen LogP contribution in [0.1, 0.15) is 17.2 Å². The summed E-state index contributed by atoms with van der Waals surface area (Å²) < 4.78 is 0. The van der Waals surface area contributed by atoms with Crippen molar-refractivity contribution in [2.24, 2.45) is 0 Å². The summed E-state index contributed by atoms with van der Waals surface area (Å²) in [5.74, 6) is 0. The standard InChI is InChI=1S/C17H14ClNO/c18-14-5-3-4-13(10-14)17(20)11-12-8-9-19-16-7-2-1-6-15(12)16/h1-10,17,20H,11H2. The van der Waals surface area contributed by atoms with E-state index in [-0.39, 0.29) is 0 Å². The molecule has 2 nitrogen and oxygen atoms in total. The van der Waals surface area contributed by atoms with Gasteiger partial charge in [-0.05, 0) is 35.4 Å². The van der Waals surface area contributed by atoms with Crippen LogP contribution in [0.15, 0.2) is 60.8 Å². The highest BCUT2D eigenvalue weighted by Crippen LogP contribution is 2.24. The number of aliphatic hydroxyl groups is 1. The van der Waals surface area contributed by atoms with Crippen molar-refractivity contribution in [3.8, 4) is 0 Å². The molecule has 3 heteroatoms. The predicted molar refractivity (Wildman–Crippen MR) is 81.9 cm³/mol. The van der Waals surface area contributed by atoms with Crippen LogP contribution in [0.4, 0.5) is 0 Å². The Labute approximate surface area is 122 Å². The van der Waals surface area contributed by atoms with Gasteiger partial charge in [0.1, 0.15) is 0 Å². The number of nitrogens with zero attached hydrogens (tertiary/aromatic N) is 1. The third-order valence-electron chi connectivity index (χ3n) is 3.39. The maximum Gasteiger partial charge on any atom is 0.0831 e. The van der Waals surface area contributed by atoms with Gasteiger partial charge in [-0.2, -0.15) is 0 Å². The van der Waals surface area contributed by atoms with Crippen molar-refractivity contribution in [3.05, 3.63) is 76.9 Å². The first-order chi connectivity index (χ1) is 9.74. The molecule has 0 aliphatic rings. The third-order valence-corrected chi connectivity index (χ3v) is 3.62. The van der Waals surface area contributed by atoms with Gasteiger partial charge >= 0.3 is 0 Å². The summed E-state index contributed by atoms with van der Waals surface area (Å²) in [4.78, 5) is 4.33. The number of aromatic nitrogens is 1. The lowest BCUT2D eigenvalue weighted by Gasteiger charge is -2.13. The average molecular weight is 284 g/mol. The highest BCUT2D eigenvalue weighted by molar-refractivity contribution is 6.30. The largest absolute Gasteiger partial charge is 0.388 e. The van der Waals surface area contributed by atoms with Crippen LogP contribution in [0.25, 0.3) is 10.9 Å². The lowest BCUT2D eigenvalue weighted by molar-refractivity contribution is 0.179. The van der Waals surface area contributed by atoms with E-state index in [2.05, 4.69) is 4.98 Å². The van der Waals surface area contributed by atoms with E-state index in [9.17, 15) is 5.11 Å². The lowest BCUT2D eigenvalue weighted by Crippen LogP contribution is -2.02. The molecule has 0 aliphatic heterocycles. The number of para-hydroxylation sites is 1. The van der Waals surface area contributed by atoms with Crippen LogP contribution in [-0.4, -0.2) is 10.1 Å². The van der Waals surface area contributed by atoms with Gasteiger partial charge in [0.05, 0.1) is 11.6 Å². The molecule has 20 heavy (non-hydrogen) atoms. The molecule has 0 amide bonds. The van der Waals surface area contributed by atoms with E-state index in [0.717, 1.165) is 22.0 Å². The Morgan fingerprint density at radius 1 is 1.05 bits per heavy atom. The number of hydrogen-bond acceptors (Lipinski definition) is 2. The molecule has 0 radical (unpaired) electrons. The average Bonchev–Trinajstić information content (AvgIpc) is 2.47. The Hall–Kier alpha value is -1.90. The van der Waals surface area contributed by atoms with E-state index >= 15 is 0 Å². The van der Waals surface area contributed by atoms with Crippen molar-refractivity contribution in [1.29, 1.82) is 0 Å². The quantitative estimate of drug-likeness (QED) is 0.783. The van der Waals surface area contributed by atoms with Crippen LogP contribution < -0.4 is 0 Å². The minimum Gasteiger partial charge on any atom is -0.388 e. The first kappa shape index (κ1) is 13.1. The van der Waals surface area contributed by atoms with E-state index in [1.54, 1.807) is 18.3 Å². The van der Waals surface area contributed by atoms with Crippen molar-refractivity contribution in [3.63, 3.8) is 0 Å². The van der Waals surface area contributed by atoms with E-state index < -0.39 is 6.10 Å². The van der Waals surface area contributed by atoms with Crippen molar-refractivity contribution in [1.82, 2.24) is 4.98 Å². The highest BCUT2D eigenvalue weighted by atomic mass is 35.5. The van der Waals surface area contributed by atoms with E-state index in [0.29, 0.717) is 11.4 Å². The summed E-state index contributed by atoms with van der Waals surface area (Å²) >= 11 is 5.97. The van der Waals surface area contributed by atoms with Crippen LogP contribution in [0.5, 0.6) is 0 Å². The fraction of sp³-hybridized carbons (Fsp3) is 0.118. The summed E-state index contributed by atoms with van der Waals surface area (Å²) in [6, 6.07) is 17.3. The molecule has 1 heterocycles. The molecule has 1 N–H and O–H groups in total. The van der Waals surface area contributed by atoms with Gasteiger partial charge in [-0.3, -0.25) is 4.98 Å². The van der Waals surface area contributed by atoms with E-state index in [1.807, 2.05) is 42.5 Å². The molecule has 100 valence electrons. The second kappa shape index (κ2) is 5.61. The van der Waals surface area contributed by atoms with E-state index in [1.165, 1.54) is 0 Å². The smallest absolute Gasteiger partial charge is 0.0831 e. The van der Waals surface area contributed by atoms with Gasteiger partial charge in [-0.1, -0.05) is 41.9 Å². The number of rotatable bonds is 3. The molecule has 3 aromatic rings. The Morgan fingerprint density at radius 2 is 1.90 bits per heavy atom. The van der Waals surface area contributed by atoms with Gasteiger partial charge in [-0.25, -0.2) is 0 Å². The van der Waals surface area contributed by atoms with Crippen LogP contribution in [0.3, 0.4) is 0 Å². The number of fused-ring (bicyclic) bond motifs is 1. The van der Waals surface area contributed by atoms with Gasteiger partial charge in [0.2, 0.25) is 0 Å². The molecule has 2 aromatic carbocycles. The molecule has 0 aliphatic carbocycles. The van der Waals surface area contributed by atoms with Crippen LogP contribution in [-0.2, 0) is 6.42 Å². The molecular formula is C17H14ClNO. The normalized spacial score (nSPS) is 12.5. The Kier molecular flexibility index (Phi) is 3.68. The first-order valence-electron chi connectivity index (χ1n) is 6.50. The summed E-state index contributed by atoms with van der Waals surface area (Å²) in [5.41, 5.74) is 2.87. The Morgan fingerprint density at radius 3 is 2.75 bits per heavy atom. The number of halogens is 1. The van der Waals surface area contributed by atoms with Crippen LogP contribution in [0.2, 0.25) is 5.02 Å². The second-order valence-electron chi connectivity index (χ2n) is 4.76. The zero-order valence-corrected chi connectivity index (χ0v) is 11.6. The zero-order chi connectivity index (χ0) is 13.9. The molecule has 1 atom stereocenters. The number of aliphatic hydroxyl groups excluding tert-OH is 1. The van der Waals surface area contributed by atoms with Gasteiger partial charge in [-0.15, -0.1) is 0 Å². The first-order valence-corrected chi connectivity index (χ1v) is 6.88. The van der Waals surface area contributed by atoms with Crippen molar-refractivity contribution >= 4 is 22.5 Å². The monoisotopic (exact) mass is 283 g/mol. The van der Waals surface area contributed by atoms with Gasteiger partial charge in [0.25, 0.3) is 0 Å². The van der Waals surface area contributed by atoms with Gasteiger partial charge < -0.3 is 5.11 Å². The number of benzene rings is 2. The highest BCUT2D eigenvalue weighted by Gasteiger charge is 2.11. The van der Waals surface area contributed by atoms with Crippen molar-refractivity contribution in [2.45, 2.75) is 12.5 Å². The summed E-state index contributed by atoms with van der Waals surface area (Å²) in [6.07, 6.45) is 1.76. The minimum absolute atomic E-state index is 0.545. The summed E-state index contributed by atoms with van der Waals surface area (Å²) in [6.45, 7) is 0. The van der Waals surface area contributed by atoms with Crippen LogP contribution in [0, 0.1) is 0 Å². The Balaban J connectivity index is 1.93.